The number of rotatable bonds is 4. The molecule has 0 unspecified atom stereocenters. The Kier molecular flexibility index (Phi) is 4.98. The zero-order valence-corrected chi connectivity index (χ0v) is 12.0. The van der Waals surface area contributed by atoms with Gasteiger partial charge in [-0.05, 0) is 58.1 Å². The lowest BCUT2D eigenvalue weighted by Gasteiger charge is -2.32. The summed E-state index contributed by atoms with van der Waals surface area (Å²) in [6, 6.07) is 5.86. The quantitative estimate of drug-likeness (QED) is 0.782. The van der Waals surface area contributed by atoms with Crippen LogP contribution in [0.4, 0.5) is 0 Å². The number of aromatic nitrogens is 1. The van der Waals surface area contributed by atoms with E-state index in [-0.39, 0.29) is 0 Å². The maximum atomic E-state index is 5.91. The molecule has 0 aliphatic carbocycles. The van der Waals surface area contributed by atoms with Crippen LogP contribution in [0.2, 0.25) is 5.15 Å². The molecule has 2 heterocycles. The summed E-state index contributed by atoms with van der Waals surface area (Å²) < 4.78 is 0. The first kappa shape index (κ1) is 13.8. The minimum atomic E-state index is 0.593. The minimum absolute atomic E-state index is 0.593. The van der Waals surface area contributed by atoms with Gasteiger partial charge in [-0.1, -0.05) is 17.7 Å². The summed E-state index contributed by atoms with van der Waals surface area (Å²) in [6.45, 7) is 4.48. The third-order valence-electron chi connectivity index (χ3n) is 3.49. The van der Waals surface area contributed by atoms with E-state index in [1.165, 1.54) is 32.5 Å². The highest BCUT2D eigenvalue weighted by atomic mass is 35.5. The molecule has 1 aromatic rings. The van der Waals surface area contributed by atoms with Crippen LogP contribution >= 0.6 is 11.6 Å². The van der Waals surface area contributed by atoms with E-state index in [0.29, 0.717) is 5.15 Å². The van der Waals surface area contributed by atoms with Crippen LogP contribution in [0.3, 0.4) is 0 Å². The second-order valence-electron chi connectivity index (χ2n) is 5.43. The van der Waals surface area contributed by atoms with E-state index in [4.69, 9.17) is 11.6 Å². The lowest BCUT2D eigenvalue weighted by Crippen LogP contribution is -2.36. The summed E-state index contributed by atoms with van der Waals surface area (Å²) in [6.07, 6.45) is 2.58. The lowest BCUT2D eigenvalue weighted by molar-refractivity contribution is 0.155. The zero-order valence-electron chi connectivity index (χ0n) is 11.3. The summed E-state index contributed by atoms with van der Waals surface area (Å²) in [7, 11) is 4.31. The third kappa shape index (κ3) is 4.23. The van der Waals surface area contributed by atoms with Gasteiger partial charge in [-0.2, -0.15) is 0 Å². The Balaban J connectivity index is 1.80. The molecule has 1 aliphatic heterocycles. The Labute approximate surface area is 115 Å². The van der Waals surface area contributed by atoms with Gasteiger partial charge in [-0.15, -0.1) is 0 Å². The van der Waals surface area contributed by atoms with E-state index in [9.17, 15) is 0 Å². The number of pyridine rings is 1. The largest absolute Gasteiger partial charge is 0.309 e. The molecular formula is C14H22ClN3. The van der Waals surface area contributed by atoms with E-state index in [1.807, 2.05) is 12.1 Å². The summed E-state index contributed by atoms with van der Waals surface area (Å²) >= 11 is 5.91. The number of piperidine rings is 1. The predicted molar refractivity (Wildman–Crippen MR) is 75.8 cm³/mol. The highest BCUT2D eigenvalue weighted by molar-refractivity contribution is 6.29. The highest BCUT2D eigenvalue weighted by Gasteiger charge is 2.19. The summed E-state index contributed by atoms with van der Waals surface area (Å²) in [5.74, 6) is 0.851. The van der Waals surface area contributed by atoms with E-state index in [1.54, 1.807) is 0 Å². The molecule has 0 N–H and O–H groups in total. The Morgan fingerprint density at radius 2 is 2.06 bits per heavy atom. The SMILES string of the molecule is CN(C)CC1CCN(Cc2cccc(Cl)n2)CC1. The third-order valence-corrected chi connectivity index (χ3v) is 3.70. The number of halogens is 1. The number of hydrogen-bond donors (Lipinski definition) is 0. The Hall–Kier alpha value is -0.640. The van der Waals surface area contributed by atoms with Gasteiger partial charge in [0, 0.05) is 13.1 Å². The van der Waals surface area contributed by atoms with Crippen molar-refractivity contribution >= 4 is 11.6 Å². The van der Waals surface area contributed by atoms with Crippen molar-refractivity contribution in [3.05, 3.63) is 29.0 Å². The molecule has 0 aromatic carbocycles. The smallest absolute Gasteiger partial charge is 0.129 e. The molecule has 1 aromatic heterocycles. The first-order valence-electron chi connectivity index (χ1n) is 6.62. The maximum Gasteiger partial charge on any atom is 0.129 e. The van der Waals surface area contributed by atoms with Gasteiger partial charge in [-0.3, -0.25) is 4.90 Å². The molecule has 0 amide bonds. The van der Waals surface area contributed by atoms with Crippen LogP contribution in [0.15, 0.2) is 18.2 Å². The van der Waals surface area contributed by atoms with E-state index in [2.05, 4.69) is 34.9 Å². The van der Waals surface area contributed by atoms with Crippen molar-refractivity contribution < 1.29 is 0 Å². The molecule has 100 valence electrons. The van der Waals surface area contributed by atoms with Crippen LogP contribution in [-0.4, -0.2) is 48.5 Å². The van der Waals surface area contributed by atoms with Crippen LogP contribution in [-0.2, 0) is 6.54 Å². The van der Waals surface area contributed by atoms with E-state index < -0.39 is 0 Å². The van der Waals surface area contributed by atoms with Crippen molar-refractivity contribution in [2.75, 3.05) is 33.7 Å². The molecule has 0 atom stereocenters. The van der Waals surface area contributed by atoms with E-state index >= 15 is 0 Å². The lowest BCUT2D eigenvalue weighted by atomic mass is 9.96. The molecule has 2 rings (SSSR count). The molecule has 18 heavy (non-hydrogen) atoms. The molecule has 1 fully saturated rings. The van der Waals surface area contributed by atoms with Gasteiger partial charge in [0.15, 0.2) is 0 Å². The van der Waals surface area contributed by atoms with Gasteiger partial charge in [0.1, 0.15) is 5.15 Å². The van der Waals surface area contributed by atoms with Crippen LogP contribution in [0.5, 0.6) is 0 Å². The van der Waals surface area contributed by atoms with Crippen molar-refractivity contribution in [3.8, 4) is 0 Å². The fourth-order valence-corrected chi connectivity index (χ4v) is 2.79. The van der Waals surface area contributed by atoms with Gasteiger partial charge < -0.3 is 4.90 Å². The normalized spacial score (nSPS) is 18.4. The van der Waals surface area contributed by atoms with E-state index in [0.717, 1.165) is 18.2 Å². The van der Waals surface area contributed by atoms with Crippen LogP contribution in [0.1, 0.15) is 18.5 Å². The van der Waals surface area contributed by atoms with Crippen LogP contribution in [0, 0.1) is 5.92 Å². The van der Waals surface area contributed by atoms with Crippen molar-refractivity contribution in [2.45, 2.75) is 19.4 Å². The Morgan fingerprint density at radius 3 is 2.67 bits per heavy atom. The Morgan fingerprint density at radius 1 is 1.33 bits per heavy atom. The minimum Gasteiger partial charge on any atom is -0.309 e. The molecule has 0 saturated carbocycles. The number of nitrogens with zero attached hydrogens (tertiary/aromatic N) is 3. The fraction of sp³-hybridized carbons (Fsp3) is 0.643. The Bertz CT molecular complexity index is 373. The van der Waals surface area contributed by atoms with Crippen molar-refractivity contribution in [3.63, 3.8) is 0 Å². The van der Waals surface area contributed by atoms with Gasteiger partial charge in [0.05, 0.1) is 5.69 Å². The maximum absolute atomic E-state index is 5.91. The second-order valence-corrected chi connectivity index (χ2v) is 5.82. The average Bonchev–Trinajstić information content (AvgIpc) is 2.31. The van der Waals surface area contributed by atoms with Gasteiger partial charge >= 0.3 is 0 Å². The molecule has 0 spiro atoms. The van der Waals surface area contributed by atoms with Crippen molar-refractivity contribution in [2.24, 2.45) is 5.92 Å². The predicted octanol–water partition coefficient (Wildman–Crippen LogP) is 2.51. The molecule has 0 radical (unpaired) electrons. The summed E-state index contributed by atoms with van der Waals surface area (Å²) in [5.41, 5.74) is 1.08. The van der Waals surface area contributed by atoms with Gasteiger partial charge in [0.25, 0.3) is 0 Å². The topological polar surface area (TPSA) is 19.4 Å². The first-order chi connectivity index (χ1) is 8.63. The molecule has 3 nitrogen and oxygen atoms in total. The standard InChI is InChI=1S/C14H22ClN3/c1-17(2)10-12-6-8-18(9-7-12)11-13-4-3-5-14(15)16-13/h3-5,12H,6-11H2,1-2H3. The number of likely N-dealkylation sites (tertiary alicyclic amines) is 1. The molecule has 1 aliphatic rings. The highest BCUT2D eigenvalue weighted by Crippen LogP contribution is 2.19. The summed E-state index contributed by atoms with van der Waals surface area (Å²) in [5, 5.41) is 0.593. The first-order valence-corrected chi connectivity index (χ1v) is 7.00. The molecular weight excluding hydrogens is 246 g/mol. The van der Waals surface area contributed by atoms with Crippen molar-refractivity contribution in [1.82, 2.24) is 14.8 Å². The molecule has 0 bridgehead atoms. The molecule has 1 saturated heterocycles. The molecule has 4 heteroatoms. The second kappa shape index (κ2) is 6.50. The van der Waals surface area contributed by atoms with Gasteiger partial charge in [-0.25, -0.2) is 4.98 Å². The summed E-state index contributed by atoms with van der Waals surface area (Å²) in [4.78, 5) is 9.12. The zero-order chi connectivity index (χ0) is 13.0. The van der Waals surface area contributed by atoms with Gasteiger partial charge in [0.2, 0.25) is 0 Å². The number of hydrogen-bond acceptors (Lipinski definition) is 3. The fourth-order valence-electron chi connectivity index (χ4n) is 2.61. The van der Waals surface area contributed by atoms with Crippen LogP contribution < -0.4 is 0 Å². The van der Waals surface area contributed by atoms with Crippen molar-refractivity contribution in [1.29, 1.82) is 0 Å². The van der Waals surface area contributed by atoms with Crippen LogP contribution in [0.25, 0.3) is 0 Å². The average molecular weight is 268 g/mol. The monoisotopic (exact) mass is 267 g/mol.